The molecule has 0 atom stereocenters. The molecule has 0 saturated heterocycles. The van der Waals surface area contributed by atoms with E-state index in [0.717, 1.165) is 12.8 Å². The van der Waals surface area contributed by atoms with Crippen LogP contribution in [0.15, 0.2) is 35.7 Å². The summed E-state index contributed by atoms with van der Waals surface area (Å²) in [6.45, 7) is 6.07. The fourth-order valence-corrected chi connectivity index (χ4v) is 3.16. The van der Waals surface area contributed by atoms with Gasteiger partial charge in [0.25, 0.3) is 0 Å². The van der Waals surface area contributed by atoms with Crippen LogP contribution in [0.1, 0.15) is 25.3 Å². The van der Waals surface area contributed by atoms with Crippen molar-refractivity contribution in [1.29, 1.82) is 0 Å². The number of hydrogen-bond acceptors (Lipinski definition) is 4. The number of aliphatic hydroxyl groups excluding tert-OH is 1. The van der Waals surface area contributed by atoms with E-state index in [1.807, 2.05) is 6.92 Å². The van der Waals surface area contributed by atoms with Crippen molar-refractivity contribution in [2.75, 3.05) is 20.2 Å². The second-order valence-corrected chi connectivity index (χ2v) is 6.66. The lowest BCUT2D eigenvalue weighted by atomic mass is 10.2. The molecule has 0 saturated carbocycles. The van der Waals surface area contributed by atoms with E-state index in [2.05, 4.69) is 6.58 Å². The van der Waals surface area contributed by atoms with Gasteiger partial charge in [-0.15, -0.1) is 6.58 Å². The Labute approximate surface area is 126 Å². The fraction of sp³-hybridized carbons (Fsp3) is 0.467. The lowest BCUT2D eigenvalue weighted by molar-refractivity contribution is 0.266. The molecule has 0 aromatic heterocycles. The maximum absolute atomic E-state index is 12.4. The zero-order valence-corrected chi connectivity index (χ0v) is 13.4. The first-order valence-corrected chi connectivity index (χ1v) is 8.35. The van der Waals surface area contributed by atoms with Gasteiger partial charge in [0.15, 0.2) is 0 Å². The summed E-state index contributed by atoms with van der Waals surface area (Å²) in [5.74, 6) is 0.508. The first kappa shape index (κ1) is 17.7. The zero-order valence-electron chi connectivity index (χ0n) is 12.6. The largest absolute Gasteiger partial charge is 0.494 e. The van der Waals surface area contributed by atoms with Crippen LogP contribution in [0.4, 0.5) is 0 Å². The minimum Gasteiger partial charge on any atom is -0.494 e. The van der Waals surface area contributed by atoms with Gasteiger partial charge in [-0.1, -0.05) is 6.08 Å². The first-order chi connectivity index (χ1) is 9.97. The molecular weight excluding hydrogens is 290 g/mol. The average Bonchev–Trinajstić information content (AvgIpc) is 2.47. The van der Waals surface area contributed by atoms with Gasteiger partial charge in [0.05, 0.1) is 18.1 Å². The Balaban J connectivity index is 2.99. The molecule has 118 valence electrons. The van der Waals surface area contributed by atoms with Gasteiger partial charge in [-0.3, -0.25) is 0 Å². The summed E-state index contributed by atoms with van der Waals surface area (Å²) in [4.78, 5) is 0.163. The summed E-state index contributed by atoms with van der Waals surface area (Å²) < 4.78 is 31.6. The molecule has 0 bridgehead atoms. The van der Waals surface area contributed by atoms with Crippen LogP contribution < -0.4 is 4.74 Å². The van der Waals surface area contributed by atoms with Crippen molar-refractivity contribution in [3.8, 4) is 5.75 Å². The molecule has 1 aromatic carbocycles. The van der Waals surface area contributed by atoms with E-state index in [0.29, 0.717) is 24.5 Å². The quantitative estimate of drug-likeness (QED) is 0.560. The second-order valence-electron chi connectivity index (χ2n) is 4.62. The molecule has 0 spiro atoms. The first-order valence-electron chi connectivity index (χ1n) is 6.91. The molecule has 1 aromatic rings. The summed E-state index contributed by atoms with van der Waals surface area (Å²) in [5, 5.41) is 9.35. The van der Waals surface area contributed by atoms with Gasteiger partial charge in [0, 0.05) is 19.2 Å². The van der Waals surface area contributed by atoms with Crippen LogP contribution in [0.2, 0.25) is 0 Å². The van der Waals surface area contributed by atoms with Crippen molar-refractivity contribution >= 4 is 10.0 Å². The average molecular weight is 313 g/mol. The highest BCUT2D eigenvalue weighted by molar-refractivity contribution is 7.89. The van der Waals surface area contributed by atoms with Gasteiger partial charge in [0.1, 0.15) is 5.75 Å². The van der Waals surface area contributed by atoms with Gasteiger partial charge < -0.3 is 9.84 Å². The van der Waals surface area contributed by atoms with Crippen LogP contribution in [-0.2, 0) is 16.6 Å². The van der Waals surface area contributed by atoms with E-state index in [1.165, 1.54) is 16.4 Å². The topological polar surface area (TPSA) is 66.8 Å². The summed E-state index contributed by atoms with van der Waals surface area (Å²) in [6.07, 6.45) is 3.26. The molecular formula is C15H23NO4S. The number of nitrogens with zero attached hydrogens (tertiary/aromatic N) is 1. The molecule has 6 heteroatoms. The molecule has 1 rings (SSSR count). The molecule has 0 amide bonds. The number of aliphatic hydroxyl groups is 1. The third kappa shape index (κ3) is 4.56. The third-order valence-electron chi connectivity index (χ3n) is 3.09. The molecule has 0 aliphatic heterocycles. The Kier molecular flexibility index (Phi) is 6.87. The Morgan fingerprint density at radius 2 is 2.14 bits per heavy atom. The number of sulfonamides is 1. The van der Waals surface area contributed by atoms with Crippen LogP contribution in [0.3, 0.4) is 0 Å². The van der Waals surface area contributed by atoms with Crippen LogP contribution in [0.25, 0.3) is 0 Å². The van der Waals surface area contributed by atoms with Crippen molar-refractivity contribution in [2.24, 2.45) is 0 Å². The number of unbranched alkanes of at least 4 members (excludes halogenated alkanes) is 1. The fourth-order valence-electron chi connectivity index (χ4n) is 1.89. The van der Waals surface area contributed by atoms with E-state index >= 15 is 0 Å². The Morgan fingerprint density at radius 1 is 1.43 bits per heavy atom. The molecule has 0 aliphatic rings. The molecule has 0 radical (unpaired) electrons. The van der Waals surface area contributed by atoms with E-state index < -0.39 is 10.0 Å². The van der Waals surface area contributed by atoms with Gasteiger partial charge in [-0.2, -0.15) is 0 Å². The van der Waals surface area contributed by atoms with Crippen molar-refractivity contribution < 1.29 is 18.3 Å². The number of ether oxygens (including phenoxy) is 1. The molecule has 0 unspecified atom stereocenters. The lowest BCUT2D eigenvalue weighted by Gasteiger charge is -2.18. The highest BCUT2D eigenvalue weighted by atomic mass is 32.2. The standard InChI is InChI=1S/C15H23NO4S/c1-4-6-7-10-16(3)21(18,19)14-8-9-15(20-5-2)13(11-14)12-17/h4,8-9,11,17H,1,5-7,10,12H2,2-3H3. The number of allylic oxidation sites excluding steroid dienone is 1. The molecule has 0 fully saturated rings. The van der Waals surface area contributed by atoms with Crippen LogP contribution in [0.5, 0.6) is 5.75 Å². The van der Waals surface area contributed by atoms with Gasteiger partial charge in [0.2, 0.25) is 10.0 Å². The number of benzene rings is 1. The SMILES string of the molecule is C=CCCCN(C)S(=O)(=O)c1ccc(OCC)c(CO)c1. The predicted octanol–water partition coefficient (Wildman–Crippen LogP) is 2.16. The van der Waals surface area contributed by atoms with Gasteiger partial charge in [-0.25, -0.2) is 12.7 Å². The van der Waals surface area contributed by atoms with E-state index in [-0.39, 0.29) is 11.5 Å². The molecule has 5 nitrogen and oxygen atoms in total. The minimum absolute atomic E-state index is 0.163. The Bertz CT molecular complexity index is 569. The van der Waals surface area contributed by atoms with E-state index in [9.17, 15) is 13.5 Å². The predicted molar refractivity (Wildman–Crippen MR) is 82.8 cm³/mol. The second kappa shape index (κ2) is 8.17. The van der Waals surface area contributed by atoms with Crippen molar-refractivity contribution in [3.63, 3.8) is 0 Å². The van der Waals surface area contributed by atoms with E-state index in [1.54, 1.807) is 19.2 Å². The number of rotatable bonds is 9. The molecule has 1 N–H and O–H groups in total. The zero-order chi connectivity index (χ0) is 15.9. The number of hydrogen-bond donors (Lipinski definition) is 1. The van der Waals surface area contributed by atoms with Crippen LogP contribution in [0, 0.1) is 0 Å². The van der Waals surface area contributed by atoms with Crippen molar-refractivity contribution in [1.82, 2.24) is 4.31 Å². The maximum atomic E-state index is 12.4. The van der Waals surface area contributed by atoms with Crippen LogP contribution in [-0.4, -0.2) is 38.0 Å². The maximum Gasteiger partial charge on any atom is 0.242 e. The lowest BCUT2D eigenvalue weighted by Crippen LogP contribution is -2.28. The molecule has 0 aliphatic carbocycles. The Morgan fingerprint density at radius 3 is 2.71 bits per heavy atom. The highest BCUT2D eigenvalue weighted by Crippen LogP contribution is 2.24. The van der Waals surface area contributed by atoms with E-state index in [4.69, 9.17) is 4.74 Å². The van der Waals surface area contributed by atoms with Gasteiger partial charge >= 0.3 is 0 Å². The monoisotopic (exact) mass is 313 g/mol. The minimum atomic E-state index is -3.55. The van der Waals surface area contributed by atoms with Crippen LogP contribution >= 0.6 is 0 Å². The summed E-state index contributed by atoms with van der Waals surface area (Å²) in [7, 11) is -2.00. The molecule has 0 heterocycles. The summed E-state index contributed by atoms with van der Waals surface area (Å²) >= 11 is 0. The normalized spacial score (nSPS) is 11.6. The smallest absolute Gasteiger partial charge is 0.242 e. The van der Waals surface area contributed by atoms with Crippen molar-refractivity contribution in [2.45, 2.75) is 31.3 Å². The van der Waals surface area contributed by atoms with Crippen molar-refractivity contribution in [3.05, 3.63) is 36.4 Å². The highest BCUT2D eigenvalue weighted by Gasteiger charge is 2.21. The summed E-state index contributed by atoms with van der Waals surface area (Å²) in [6, 6.07) is 4.55. The Hall–Kier alpha value is -1.37. The molecule has 21 heavy (non-hydrogen) atoms. The third-order valence-corrected chi connectivity index (χ3v) is 4.94. The van der Waals surface area contributed by atoms with Gasteiger partial charge in [-0.05, 0) is 38.0 Å². The summed E-state index contributed by atoms with van der Waals surface area (Å²) in [5.41, 5.74) is 0.470.